The molecule has 0 spiro atoms. The minimum atomic E-state index is -0.859. The zero-order chi connectivity index (χ0) is 18.7. The van der Waals surface area contributed by atoms with Gasteiger partial charge in [-0.2, -0.15) is 0 Å². The number of hydrogen-bond acceptors (Lipinski definition) is 4. The van der Waals surface area contributed by atoms with Crippen LogP contribution in [0.2, 0.25) is 0 Å². The number of aromatic nitrogens is 2. The minimum absolute atomic E-state index is 0.00435. The van der Waals surface area contributed by atoms with E-state index in [1.165, 1.54) is 12.1 Å². The highest BCUT2D eigenvalue weighted by molar-refractivity contribution is 6.03. The Morgan fingerprint density at radius 2 is 1.65 bits per heavy atom. The van der Waals surface area contributed by atoms with Crippen molar-refractivity contribution >= 4 is 23.1 Å². The van der Waals surface area contributed by atoms with Crippen molar-refractivity contribution in [2.75, 3.05) is 10.6 Å². The van der Waals surface area contributed by atoms with Crippen molar-refractivity contribution in [2.24, 2.45) is 0 Å². The lowest BCUT2D eigenvalue weighted by molar-refractivity contribution is 0.102. The largest absolute Gasteiger partial charge is 0.340 e. The Kier molecular flexibility index (Phi) is 4.88. The fraction of sp³-hybridized carbons (Fsp3) is 0.105. The third-order valence-corrected chi connectivity index (χ3v) is 3.56. The highest BCUT2D eigenvalue weighted by Gasteiger charge is 2.16. The number of carbonyl (C=O) groups excluding carboxylic acids is 1. The first-order valence-corrected chi connectivity index (χ1v) is 7.87. The van der Waals surface area contributed by atoms with Crippen LogP contribution in [0.15, 0.2) is 48.5 Å². The Morgan fingerprint density at radius 1 is 0.962 bits per heavy atom. The zero-order valence-corrected chi connectivity index (χ0v) is 14.2. The predicted molar refractivity (Wildman–Crippen MR) is 95.5 cm³/mol. The molecule has 1 aromatic heterocycles. The molecule has 7 heteroatoms. The van der Waals surface area contributed by atoms with Crippen molar-refractivity contribution in [1.82, 2.24) is 9.97 Å². The molecule has 0 bridgehead atoms. The maximum Gasteiger partial charge on any atom is 0.274 e. The van der Waals surface area contributed by atoms with Gasteiger partial charge in [0.1, 0.15) is 34.7 Å². The van der Waals surface area contributed by atoms with E-state index in [-0.39, 0.29) is 5.69 Å². The molecule has 2 N–H and O–H groups in total. The lowest BCUT2D eigenvalue weighted by atomic mass is 10.2. The van der Waals surface area contributed by atoms with E-state index in [1.807, 2.05) is 31.2 Å². The van der Waals surface area contributed by atoms with E-state index in [1.54, 1.807) is 6.92 Å². The maximum absolute atomic E-state index is 13.7. The van der Waals surface area contributed by atoms with Crippen molar-refractivity contribution in [3.63, 3.8) is 0 Å². The van der Waals surface area contributed by atoms with Crippen LogP contribution in [0, 0.1) is 25.5 Å². The van der Waals surface area contributed by atoms with Gasteiger partial charge in [-0.05, 0) is 43.7 Å². The second-order valence-electron chi connectivity index (χ2n) is 5.73. The van der Waals surface area contributed by atoms with Crippen LogP contribution in [0.4, 0.5) is 26.0 Å². The molecule has 0 unspecified atom stereocenters. The van der Waals surface area contributed by atoms with Crippen LogP contribution < -0.4 is 10.6 Å². The standard InChI is InChI=1S/C19H16F2N4O/c1-11-5-3-6-13(9-11)24-17-10-16(22-12(2)23-17)19(26)25-18-14(20)7-4-8-15(18)21/h3-10H,1-2H3,(H,25,26)(H,22,23,24). The average molecular weight is 354 g/mol. The number of anilines is 3. The van der Waals surface area contributed by atoms with Crippen LogP contribution in [0.25, 0.3) is 0 Å². The highest BCUT2D eigenvalue weighted by atomic mass is 19.1. The Hall–Kier alpha value is -3.35. The summed E-state index contributed by atoms with van der Waals surface area (Å²) < 4.78 is 27.4. The summed E-state index contributed by atoms with van der Waals surface area (Å²) in [6.07, 6.45) is 0. The molecule has 0 fully saturated rings. The van der Waals surface area contributed by atoms with Gasteiger partial charge in [0.25, 0.3) is 5.91 Å². The molecule has 0 radical (unpaired) electrons. The third kappa shape index (κ3) is 4.00. The first-order valence-electron chi connectivity index (χ1n) is 7.87. The molecule has 0 aliphatic carbocycles. The number of hydrogen-bond donors (Lipinski definition) is 2. The van der Waals surface area contributed by atoms with E-state index >= 15 is 0 Å². The summed E-state index contributed by atoms with van der Waals surface area (Å²) in [5.74, 6) is -1.69. The summed E-state index contributed by atoms with van der Waals surface area (Å²) in [5.41, 5.74) is 1.35. The molecular weight excluding hydrogens is 338 g/mol. The SMILES string of the molecule is Cc1cccc(Nc2cc(C(=O)Nc3c(F)cccc3F)nc(C)n2)c1. The number of para-hydroxylation sites is 1. The van der Waals surface area contributed by atoms with Gasteiger partial charge in [0, 0.05) is 11.8 Å². The normalized spacial score (nSPS) is 10.5. The lowest BCUT2D eigenvalue weighted by Gasteiger charge is -2.10. The summed E-state index contributed by atoms with van der Waals surface area (Å²) in [5, 5.41) is 5.30. The first kappa shape index (κ1) is 17.5. The van der Waals surface area contributed by atoms with Gasteiger partial charge in [-0.25, -0.2) is 18.7 Å². The van der Waals surface area contributed by atoms with Crippen LogP contribution in [-0.4, -0.2) is 15.9 Å². The summed E-state index contributed by atoms with van der Waals surface area (Å²) in [4.78, 5) is 20.6. The smallest absolute Gasteiger partial charge is 0.274 e. The molecule has 2 aromatic carbocycles. The second-order valence-corrected chi connectivity index (χ2v) is 5.73. The first-order chi connectivity index (χ1) is 12.4. The van der Waals surface area contributed by atoms with Crippen LogP contribution >= 0.6 is 0 Å². The molecule has 0 saturated carbocycles. The maximum atomic E-state index is 13.7. The average Bonchev–Trinajstić information content (AvgIpc) is 2.57. The zero-order valence-electron chi connectivity index (χ0n) is 14.2. The quantitative estimate of drug-likeness (QED) is 0.730. The fourth-order valence-electron chi connectivity index (χ4n) is 2.41. The van der Waals surface area contributed by atoms with Crippen molar-refractivity contribution in [3.8, 4) is 0 Å². The number of amides is 1. The highest BCUT2D eigenvalue weighted by Crippen LogP contribution is 2.20. The molecule has 0 aliphatic heterocycles. The van der Waals surface area contributed by atoms with Crippen molar-refractivity contribution in [2.45, 2.75) is 13.8 Å². The number of rotatable bonds is 4. The monoisotopic (exact) mass is 354 g/mol. The van der Waals surface area contributed by atoms with E-state index in [0.29, 0.717) is 11.6 Å². The Labute approximate surface area is 149 Å². The van der Waals surface area contributed by atoms with E-state index < -0.39 is 23.2 Å². The van der Waals surface area contributed by atoms with Crippen LogP contribution in [-0.2, 0) is 0 Å². The molecule has 132 valence electrons. The number of halogens is 2. The van der Waals surface area contributed by atoms with Crippen molar-refractivity contribution in [3.05, 3.63) is 77.2 Å². The number of nitrogens with zero attached hydrogens (tertiary/aromatic N) is 2. The number of benzene rings is 2. The van der Waals surface area contributed by atoms with E-state index in [2.05, 4.69) is 20.6 Å². The van der Waals surface area contributed by atoms with Crippen LogP contribution in [0.5, 0.6) is 0 Å². The molecule has 0 atom stereocenters. The number of carbonyl (C=O) groups is 1. The van der Waals surface area contributed by atoms with Gasteiger partial charge in [-0.3, -0.25) is 4.79 Å². The van der Waals surface area contributed by atoms with Crippen LogP contribution in [0.1, 0.15) is 21.9 Å². The van der Waals surface area contributed by atoms with Gasteiger partial charge >= 0.3 is 0 Å². The fourth-order valence-corrected chi connectivity index (χ4v) is 2.41. The van der Waals surface area contributed by atoms with Crippen molar-refractivity contribution < 1.29 is 13.6 Å². The van der Waals surface area contributed by atoms with Gasteiger partial charge in [-0.1, -0.05) is 18.2 Å². The molecule has 3 rings (SSSR count). The molecule has 26 heavy (non-hydrogen) atoms. The summed E-state index contributed by atoms with van der Waals surface area (Å²) >= 11 is 0. The minimum Gasteiger partial charge on any atom is -0.340 e. The molecule has 5 nitrogen and oxygen atoms in total. The molecule has 0 aliphatic rings. The molecule has 0 saturated heterocycles. The molecule has 1 heterocycles. The number of aryl methyl sites for hydroxylation is 2. The van der Waals surface area contributed by atoms with E-state index in [0.717, 1.165) is 23.4 Å². The summed E-state index contributed by atoms with van der Waals surface area (Å²) in [7, 11) is 0. The van der Waals surface area contributed by atoms with Gasteiger partial charge in [0.05, 0.1) is 0 Å². The van der Waals surface area contributed by atoms with Gasteiger partial charge in [0.2, 0.25) is 0 Å². The lowest BCUT2D eigenvalue weighted by Crippen LogP contribution is -2.17. The van der Waals surface area contributed by atoms with Gasteiger partial charge < -0.3 is 10.6 Å². The molecule has 1 amide bonds. The Balaban J connectivity index is 1.86. The van der Waals surface area contributed by atoms with Crippen LogP contribution in [0.3, 0.4) is 0 Å². The Morgan fingerprint density at radius 3 is 2.35 bits per heavy atom. The van der Waals surface area contributed by atoms with Gasteiger partial charge in [0.15, 0.2) is 0 Å². The summed E-state index contributed by atoms with van der Waals surface area (Å²) in [6.45, 7) is 3.58. The second kappa shape index (κ2) is 7.26. The third-order valence-electron chi connectivity index (χ3n) is 3.56. The van der Waals surface area contributed by atoms with E-state index in [4.69, 9.17) is 0 Å². The van der Waals surface area contributed by atoms with Crippen molar-refractivity contribution in [1.29, 1.82) is 0 Å². The molecule has 3 aromatic rings. The Bertz CT molecular complexity index is 955. The predicted octanol–water partition coefficient (Wildman–Crippen LogP) is 4.37. The topological polar surface area (TPSA) is 66.9 Å². The summed E-state index contributed by atoms with van der Waals surface area (Å²) in [6, 6.07) is 12.4. The number of nitrogens with one attached hydrogen (secondary N) is 2. The van der Waals surface area contributed by atoms with Gasteiger partial charge in [-0.15, -0.1) is 0 Å². The molecular formula is C19H16F2N4O. The van der Waals surface area contributed by atoms with E-state index in [9.17, 15) is 13.6 Å².